The van der Waals surface area contributed by atoms with Gasteiger partial charge in [-0.3, -0.25) is 5.41 Å². The highest BCUT2D eigenvalue weighted by Crippen LogP contribution is 2.19. The zero-order valence-corrected chi connectivity index (χ0v) is 8.03. The fourth-order valence-electron chi connectivity index (χ4n) is 1.59. The molecule has 1 fully saturated rings. The minimum atomic E-state index is 0.123. The van der Waals surface area contributed by atoms with Gasteiger partial charge in [-0.25, -0.2) is 0 Å². The zero-order chi connectivity index (χ0) is 10.1. The molecule has 0 radical (unpaired) electrons. The highest BCUT2D eigenvalue weighted by atomic mass is 16.5. The second-order valence-electron chi connectivity index (χ2n) is 3.46. The van der Waals surface area contributed by atoms with Crippen LogP contribution in [-0.4, -0.2) is 33.6 Å². The molecule has 6 nitrogen and oxygen atoms in total. The van der Waals surface area contributed by atoms with Gasteiger partial charge in [-0.05, 0) is 13.3 Å². The molecular weight excluding hydrogens is 182 g/mol. The Morgan fingerprint density at radius 1 is 1.79 bits per heavy atom. The van der Waals surface area contributed by atoms with E-state index in [4.69, 9.17) is 15.7 Å². The molecular formula is C8H13N5O. The van der Waals surface area contributed by atoms with Gasteiger partial charge in [-0.15, -0.1) is 0 Å². The Morgan fingerprint density at radius 2 is 2.57 bits per heavy atom. The highest BCUT2D eigenvalue weighted by Gasteiger charge is 2.30. The molecule has 1 saturated heterocycles. The molecule has 0 bridgehead atoms. The van der Waals surface area contributed by atoms with Crippen LogP contribution in [0, 0.1) is 12.3 Å². The van der Waals surface area contributed by atoms with Gasteiger partial charge in [0.1, 0.15) is 0 Å². The summed E-state index contributed by atoms with van der Waals surface area (Å²) in [6, 6.07) is 0.257. The van der Waals surface area contributed by atoms with Crippen LogP contribution in [0.25, 0.3) is 0 Å². The average molecular weight is 195 g/mol. The van der Waals surface area contributed by atoms with E-state index in [9.17, 15) is 0 Å². The van der Waals surface area contributed by atoms with Crippen molar-refractivity contribution in [1.82, 2.24) is 15.0 Å². The van der Waals surface area contributed by atoms with Crippen molar-refractivity contribution in [2.75, 3.05) is 6.54 Å². The van der Waals surface area contributed by atoms with Crippen molar-refractivity contribution in [1.29, 1.82) is 5.41 Å². The molecule has 0 unspecified atom stereocenters. The number of guanidine groups is 1. The van der Waals surface area contributed by atoms with Crippen LogP contribution in [0.3, 0.4) is 0 Å². The van der Waals surface area contributed by atoms with Crippen LogP contribution in [-0.2, 0) is 6.42 Å². The van der Waals surface area contributed by atoms with E-state index >= 15 is 0 Å². The predicted octanol–water partition coefficient (Wildman–Crippen LogP) is -0.112. The molecule has 2 heterocycles. The molecule has 0 aromatic carbocycles. The number of likely N-dealkylation sites (tertiary alicyclic amines) is 1. The molecule has 1 aliphatic rings. The largest absolute Gasteiger partial charge is 0.370 e. The van der Waals surface area contributed by atoms with Crippen molar-refractivity contribution in [2.45, 2.75) is 25.8 Å². The van der Waals surface area contributed by atoms with Gasteiger partial charge in [0, 0.05) is 19.0 Å². The van der Waals surface area contributed by atoms with Crippen LogP contribution in [0.5, 0.6) is 0 Å². The molecule has 0 aliphatic carbocycles. The van der Waals surface area contributed by atoms with Crippen molar-refractivity contribution in [2.24, 2.45) is 5.73 Å². The molecule has 1 atom stereocenters. The molecule has 0 saturated carbocycles. The van der Waals surface area contributed by atoms with Crippen LogP contribution in [0.4, 0.5) is 0 Å². The van der Waals surface area contributed by atoms with E-state index in [-0.39, 0.29) is 12.0 Å². The maximum atomic E-state index is 7.29. The Kier molecular flexibility index (Phi) is 2.11. The number of nitrogens with two attached hydrogens (primary N) is 1. The Labute approximate surface area is 81.6 Å². The Bertz CT molecular complexity index is 347. The maximum Gasteiger partial charge on any atom is 0.228 e. The summed E-state index contributed by atoms with van der Waals surface area (Å²) in [5, 5.41) is 11.0. The average Bonchev–Trinajstić information content (AvgIpc) is 2.44. The van der Waals surface area contributed by atoms with Crippen LogP contribution < -0.4 is 5.73 Å². The van der Waals surface area contributed by atoms with Gasteiger partial charge in [0.05, 0.1) is 0 Å². The first-order chi connectivity index (χ1) is 6.66. The van der Waals surface area contributed by atoms with E-state index in [1.54, 1.807) is 6.92 Å². The summed E-state index contributed by atoms with van der Waals surface area (Å²) in [6.45, 7) is 2.64. The lowest BCUT2D eigenvalue weighted by molar-refractivity contribution is 0.168. The summed E-state index contributed by atoms with van der Waals surface area (Å²) in [5.74, 6) is 1.39. The molecule has 3 N–H and O–H groups in total. The van der Waals surface area contributed by atoms with Crippen molar-refractivity contribution in [3.8, 4) is 0 Å². The number of aromatic nitrogens is 2. The van der Waals surface area contributed by atoms with Crippen molar-refractivity contribution < 1.29 is 4.52 Å². The van der Waals surface area contributed by atoms with Gasteiger partial charge in [-0.1, -0.05) is 5.16 Å². The molecule has 1 aliphatic heterocycles. The summed E-state index contributed by atoms with van der Waals surface area (Å²) >= 11 is 0. The summed E-state index contributed by atoms with van der Waals surface area (Å²) < 4.78 is 5.00. The summed E-state index contributed by atoms with van der Waals surface area (Å²) in [7, 11) is 0. The van der Waals surface area contributed by atoms with Gasteiger partial charge in [0.25, 0.3) is 0 Å². The first-order valence-electron chi connectivity index (χ1n) is 4.56. The lowest BCUT2D eigenvalue weighted by atomic mass is 10.0. The second-order valence-corrected chi connectivity index (χ2v) is 3.46. The summed E-state index contributed by atoms with van der Waals surface area (Å²) in [4.78, 5) is 5.94. The van der Waals surface area contributed by atoms with Crippen LogP contribution in [0.2, 0.25) is 0 Å². The number of aryl methyl sites for hydroxylation is 1. The zero-order valence-electron chi connectivity index (χ0n) is 8.03. The Balaban J connectivity index is 1.95. The quantitative estimate of drug-likeness (QED) is 0.507. The first kappa shape index (κ1) is 8.98. The fourth-order valence-corrected chi connectivity index (χ4v) is 1.59. The molecule has 1 aromatic rings. The smallest absolute Gasteiger partial charge is 0.228 e. The standard InChI is InChI=1S/C8H13N5O/c1-5-11-7(14-12-5)4-6-2-3-13(6)8(9)10/h6H,2-4H2,1H3,(H3,9,10)/t6-/m0/s1. The topological polar surface area (TPSA) is 92.0 Å². The molecule has 2 rings (SSSR count). The Morgan fingerprint density at radius 3 is 3.00 bits per heavy atom. The third-order valence-corrected chi connectivity index (χ3v) is 2.43. The van der Waals surface area contributed by atoms with Gasteiger partial charge < -0.3 is 15.2 Å². The van der Waals surface area contributed by atoms with E-state index < -0.39 is 0 Å². The number of nitrogens with zero attached hydrogens (tertiary/aromatic N) is 3. The van der Waals surface area contributed by atoms with Crippen LogP contribution in [0.15, 0.2) is 4.52 Å². The second kappa shape index (κ2) is 3.28. The van der Waals surface area contributed by atoms with Gasteiger partial charge in [0.15, 0.2) is 11.8 Å². The number of rotatable bonds is 2. The molecule has 0 amide bonds. The van der Waals surface area contributed by atoms with E-state index in [2.05, 4.69) is 10.1 Å². The van der Waals surface area contributed by atoms with Crippen molar-refractivity contribution >= 4 is 5.96 Å². The van der Waals surface area contributed by atoms with Crippen molar-refractivity contribution in [3.63, 3.8) is 0 Å². The maximum absolute atomic E-state index is 7.29. The molecule has 0 spiro atoms. The minimum absolute atomic E-state index is 0.123. The highest BCUT2D eigenvalue weighted by molar-refractivity contribution is 5.75. The van der Waals surface area contributed by atoms with E-state index in [0.29, 0.717) is 18.1 Å². The first-order valence-corrected chi connectivity index (χ1v) is 4.56. The number of nitrogens with one attached hydrogen (secondary N) is 1. The molecule has 76 valence electrons. The Hall–Kier alpha value is -1.59. The lowest BCUT2D eigenvalue weighted by Gasteiger charge is -2.40. The third kappa shape index (κ3) is 1.55. The van der Waals surface area contributed by atoms with E-state index in [1.807, 2.05) is 4.90 Å². The normalized spacial score (nSPS) is 20.6. The lowest BCUT2D eigenvalue weighted by Crippen LogP contribution is -2.54. The van der Waals surface area contributed by atoms with Gasteiger partial charge in [0.2, 0.25) is 5.89 Å². The third-order valence-electron chi connectivity index (χ3n) is 2.43. The predicted molar refractivity (Wildman–Crippen MR) is 49.8 cm³/mol. The summed E-state index contributed by atoms with van der Waals surface area (Å²) in [6.07, 6.45) is 1.71. The minimum Gasteiger partial charge on any atom is -0.370 e. The van der Waals surface area contributed by atoms with E-state index in [0.717, 1.165) is 13.0 Å². The van der Waals surface area contributed by atoms with Gasteiger partial charge in [-0.2, -0.15) is 4.98 Å². The number of hydrogen-bond acceptors (Lipinski definition) is 4. The fraction of sp³-hybridized carbons (Fsp3) is 0.625. The molecule has 6 heteroatoms. The van der Waals surface area contributed by atoms with Crippen LogP contribution >= 0.6 is 0 Å². The number of hydrogen-bond donors (Lipinski definition) is 2. The SMILES string of the molecule is Cc1noc(C[C@@H]2CCN2C(=N)N)n1. The molecule has 14 heavy (non-hydrogen) atoms. The molecule has 1 aromatic heterocycles. The van der Waals surface area contributed by atoms with E-state index in [1.165, 1.54) is 0 Å². The van der Waals surface area contributed by atoms with Crippen LogP contribution in [0.1, 0.15) is 18.1 Å². The van der Waals surface area contributed by atoms with Gasteiger partial charge >= 0.3 is 0 Å². The summed E-state index contributed by atoms with van der Waals surface area (Å²) in [5.41, 5.74) is 5.39. The monoisotopic (exact) mass is 195 g/mol. The van der Waals surface area contributed by atoms with Crippen molar-refractivity contribution in [3.05, 3.63) is 11.7 Å².